The number of halogens is 6. The standard InChI is InChI=1S/C24H28F6N4O3S/c1-32-15-21(31-16-32)38(36,37)34-12-10-33(11-13-34)22(6-8-23(26,27)9-7-22)5-4-20(35)18-3-2-17(14-19(18)25)24(28,29)30/h2-3,14-16H,4-13H2,1H3. The number of nitrogens with zero attached hydrogens (tertiary/aromatic N) is 4. The molecule has 0 N–H and O–H groups in total. The average molecular weight is 567 g/mol. The molecule has 210 valence electrons. The highest BCUT2D eigenvalue weighted by molar-refractivity contribution is 7.89. The van der Waals surface area contributed by atoms with E-state index in [-0.39, 0.29) is 63.0 Å². The third-order valence-electron chi connectivity index (χ3n) is 7.52. The van der Waals surface area contributed by atoms with Gasteiger partial charge in [0.25, 0.3) is 10.0 Å². The molecular weight excluding hydrogens is 538 g/mol. The number of alkyl halides is 5. The van der Waals surface area contributed by atoms with Crippen LogP contribution in [0.2, 0.25) is 0 Å². The second-order valence-electron chi connectivity index (χ2n) is 9.96. The monoisotopic (exact) mass is 566 g/mol. The molecule has 1 saturated carbocycles. The summed E-state index contributed by atoms with van der Waals surface area (Å²) < 4.78 is 110. The molecule has 1 saturated heterocycles. The number of ketones is 1. The number of aryl methyl sites for hydroxylation is 1. The molecule has 14 heteroatoms. The molecule has 1 aliphatic carbocycles. The van der Waals surface area contributed by atoms with Gasteiger partial charge in [-0.1, -0.05) is 0 Å². The molecule has 1 aromatic carbocycles. The first kappa shape index (κ1) is 28.6. The van der Waals surface area contributed by atoms with Crippen LogP contribution in [0.5, 0.6) is 0 Å². The van der Waals surface area contributed by atoms with E-state index in [0.717, 1.165) is 6.07 Å². The van der Waals surface area contributed by atoms with Crippen LogP contribution < -0.4 is 0 Å². The Morgan fingerprint density at radius 1 is 1.05 bits per heavy atom. The molecule has 0 radical (unpaired) electrons. The molecule has 7 nitrogen and oxygen atoms in total. The van der Waals surface area contributed by atoms with Crippen molar-refractivity contribution in [3.8, 4) is 0 Å². The maximum atomic E-state index is 14.3. The van der Waals surface area contributed by atoms with Gasteiger partial charge in [-0.2, -0.15) is 17.5 Å². The lowest BCUT2D eigenvalue weighted by molar-refractivity contribution is -0.137. The largest absolute Gasteiger partial charge is 0.416 e. The van der Waals surface area contributed by atoms with Crippen molar-refractivity contribution < 1.29 is 39.6 Å². The molecule has 0 unspecified atom stereocenters. The van der Waals surface area contributed by atoms with Crippen molar-refractivity contribution in [2.45, 2.75) is 61.2 Å². The molecule has 4 rings (SSSR count). The van der Waals surface area contributed by atoms with Crippen molar-refractivity contribution >= 4 is 15.8 Å². The highest BCUT2D eigenvalue weighted by atomic mass is 32.2. The third kappa shape index (κ3) is 5.91. The van der Waals surface area contributed by atoms with Crippen LogP contribution in [0.25, 0.3) is 0 Å². The fraction of sp³-hybridized carbons (Fsp3) is 0.583. The molecule has 38 heavy (non-hydrogen) atoms. The van der Waals surface area contributed by atoms with Crippen LogP contribution in [0.4, 0.5) is 26.3 Å². The Bertz CT molecular complexity index is 1280. The highest BCUT2D eigenvalue weighted by Gasteiger charge is 2.47. The highest BCUT2D eigenvalue weighted by Crippen LogP contribution is 2.44. The number of piperazine rings is 1. The summed E-state index contributed by atoms with van der Waals surface area (Å²) in [6.45, 7) is 0.665. The lowest BCUT2D eigenvalue weighted by Crippen LogP contribution is -2.59. The topological polar surface area (TPSA) is 75.5 Å². The first-order chi connectivity index (χ1) is 17.6. The molecular formula is C24H28F6N4O3S. The quantitative estimate of drug-likeness (QED) is 0.365. The number of Topliss-reactive ketones (excluding diaryl/α,β-unsaturated/α-hetero) is 1. The van der Waals surface area contributed by atoms with Crippen molar-refractivity contribution in [3.05, 3.63) is 47.7 Å². The van der Waals surface area contributed by atoms with E-state index in [9.17, 15) is 39.6 Å². The van der Waals surface area contributed by atoms with E-state index < -0.39 is 63.2 Å². The Morgan fingerprint density at radius 2 is 1.68 bits per heavy atom. The number of hydrogen-bond acceptors (Lipinski definition) is 5. The molecule has 1 aromatic heterocycles. The van der Waals surface area contributed by atoms with Crippen molar-refractivity contribution in [2.75, 3.05) is 26.2 Å². The van der Waals surface area contributed by atoms with Gasteiger partial charge in [0.2, 0.25) is 5.92 Å². The molecule has 2 heterocycles. The van der Waals surface area contributed by atoms with Gasteiger partial charge in [0, 0.05) is 64.2 Å². The Kier molecular flexibility index (Phi) is 7.71. The van der Waals surface area contributed by atoms with Crippen LogP contribution in [0, 0.1) is 5.82 Å². The summed E-state index contributed by atoms with van der Waals surface area (Å²) in [5, 5.41) is -0.0929. The third-order valence-corrected chi connectivity index (χ3v) is 9.31. The van der Waals surface area contributed by atoms with Crippen LogP contribution in [0.3, 0.4) is 0 Å². The van der Waals surface area contributed by atoms with Gasteiger partial charge < -0.3 is 4.57 Å². The number of aromatic nitrogens is 2. The number of hydrogen-bond donors (Lipinski definition) is 0. The van der Waals surface area contributed by atoms with Crippen molar-refractivity contribution in [1.82, 2.24) is 18.8 Å². The minimum absolute atomic E-state index is 0.0514. The van der Waals surface area contributed by atoms with E-state index in [2.05, 4.69) is 4.98 Å². The van der Waals surface area contributed by atoms with Crippen LogP contribution in [-0.4, -0.2) is 70.6 Å². The van der Waals surface area contributed by atoms with E-state index in [0.29, 0.717) is 6.07 Å². The zero-order valence-corrected chi connectivity index (χ0v) is 21.5. The van der Waals surface area contributed by atoms with Gasteiger partial charge >= 0.3 is 6.18 Å². The van der Waals surface area contributed by atoms with Gasteiger partial charge in [-0.05, 0) is 37.5 Å². The fourth-order valence-corrected chi connectivity index (χ4v) is 6.65. The fourth-order valence-electron chi connectivity index (χ4n) is 5.26. The summed E-state index contributed by atoms with van der Waals surface area (Å²) in [5.74, 6) is -4.87. The van der Waals surface area contributed by atoms with Gasteiger partial charge in [-0.25, -0.2) is 26.6 Å². The molecule has 0 spiro atoms. The molecule has 2 aromatic rings. The first-order valence-electron chi connectivity index (χ1n) is 12.1. The molecule has 0 atom stereocenters. The summed E-state index contributed by atoms with van der Waals surface area (Å²) >= 11 is 0. The lowest BCUT2D eigenvalue weighted by atomic mass is 9.74. The molecule has 2 aliphatic rings. The number of imidazole rings is 1. The number of benzene rings is 1. The zero-order chi connectivity index (χ0) is 27.9. The van der Waals surface area contributed by atoms with Crippen LogP contribution in [0.15, 0.2) is 35.7 Å². The van der Waals surface area contributed by atoms with E-state index in [4.69, 9.17) is 0 Å². The second-order valence-corrected chi connectivity index (χ2v) is 11.8. The van der Waals surface area contributed by atoms with Crippen molar-refractivity contribution in [3.63, 3.8) is 0 Å². The molecule has 0 bridgehead atoms. The van der Waals surface area contributed by atoms with E-state index in [1.807, 2.05) is 4.90 Å². The normalized spacial score (nSPS) is 20.9. The van der Waals surface area contributed by atoms with Crippen molar-refractivity contribution in [1.29, 1.82) is 0 Å². The number of carbonyl (C=O) groups excluding carboxylic acids is 1. The first-order valence-corrected chi connectivity index (χ1v) is 13.6. The minimum Gasteiger partial charge on any atom is -0.339 e. The molecule has 1 aliphatic heterocycles. The predicted octanol–water partition coefficient (Wildman–Crippen LogP) is 4.50. The smallest absolute Gasteiger partial charge is 0.339 e. The van der Waals surface area contributed by atoms with Gasteiger partial charge in [-0.15, -0.1) is 0 Å². The summed E-state index contributed by atoms with van der Waals surface area (Å²) in [5.41, 5.74) is -2.54. The number of rotatable bonds is 7. The predicted molar refractivity (Wildman–Crippen MR) is 125 cm³/mol. The Morgan fingerprint density at radius 3 is 2.21 bits per heavy atom. The van der Waals surface area contributed by atoms with Gasteiger partial charge in [0.15, 0.2) is 10.8 Å². The van der Waals surface area contributed by atoms with E-state index in [1.54, 1.807) is 7.05 Å². The summed E-state index contributed by atoms with van der Waals surface area (Å²) in [7, 11) is -2.19. The SMILES string of the molecule is Cn1cnc(S(=O)(=O)N2CCN(C3(CCC(=O)c4ccc(C(F)(F)F)cc4F)CCC(F)(F)CC3)CC2)c1. The molecule has 2 fully saturated rings. The van der Waals surface area contributed by atoms with Crippen LogP contribution in [-0.2, 0) is 23.2 Å². The van der Waals surface area contributed by atoms with Crippen LogP contribution >= 0.6 is 0 Å². The number of carbonyl (C=O) groups is 1. The van der Waals surface area contributed by atoms with Crippen molar-refractivity contribution in [2.24, 2.45) is 7.05 Å². The van der Waals surface area contributed by atoms with E-state index >= 15 is 0 Å². The maximum Gasteiger partial charge on any atom is 0.416 e. The summed E-state index contributed by atoms with van der Waals surface area (Å²) in [4.78, 5) is 18.6. The Balaban J connectivity index is 1.48. The number of sulfonamides is 1. The van der Waals surface area contributed by atoms with Gasteiger partial charge in [-0.3, -0.25) is 9.69 Å². The minimum atomic E-state index is -4.76. The average Bonchev–Trinajstić information content (AvgIpc) is 3.30. The summed E-state index contributed by atoms with van der Waals surface area (Å²) in [6.07, 6.45) is -2.88. The second kappa shape index (κ2) is 10.3. The lowest BCUT2D eigenvalue weighted by Gasteiger charge is -2.50. The van der Waals surface area contributed by atoms with Gasteiger partial charge in [0.1, 0.15) is 5.82 Å². The Labute approximate surface area is 216 Å². The van der Waals surface area contributed by atoms with E-state index in [1.165, 1.54) is 21.4 Å². The summed E-state index contributed by atoms with van der Waals surface area (Å²) in [6, 6.07) is 1.70. The zero-order valence-electron chi connectivity index (χ0n) is 20.6. The Hall–Kier alpha value is -2.45. The maximum absolute atomic E-state index is 14.3. The molecule has 0 amide bonds. The van der Waals surface area contributed by atoms with Gasteiger partial charge in [0.05, 0.1) is 17.5 Å². The van der Waals surface area contributed by atoms with Crippen LogP contribution in [0.1, 0.15) is 54.4 Å².